The van der Waals surface area contributed by atoms with Gasteiger partial charge in [-0.25, -0.2) is 13.6 Å². The molecule has 2 N–H and O–H groups in total. The van der Waals surface area contributed by atoms with Gasteiger partial charge in [0.05, 0.1) is 6.54 Å². The maximum atomic E-state index is 13.5. The van der Waals surface area contributed by atoms with Crippen molar-refractivity contribution in [1.29, 1.82) is 0 Å². The number of hydrogen-bond donors (Lipinski definition) is 2. The molecule has 0 radical (unpaired) electrons. The van der Waals surface area contributed by atoms with Crippen molar-refractivity contribution in [3.8, 4) is 0 Å². The van der Waals surface area contributed by atoms with Gasteiger partial charge in [-0.05, 0) is 71.8 Å². The molecule has 0 aliphatic carbocycles. The van der Waals surface area contributed by atoms with Crippen molar-refractivity contribution in [2.45, 2.75) is 25.1 Å². The SMILES string of the molecule is O=C(Nc1cccc(C2OC(=O)N(Cc3ccc(F)cc3)C2C(=O)NCCc2ccccn2)c1)c1ccc(F)cc1. The molecule has 1 fully saturated rings. The van der Waals surface area contributed by atoms with E-state index in [-0.39, 0.29) is 18.7 Å². The van der Waals surface area contributed by atoms with E-state index >= 15 is 0 Å². The van der Waals surface area contributed by atoms with Gasteiger partial charge in [0.1, 0.15) is 11.6 Å². The van der Waals surface area contributed by atoms with E-state index in [1.54, 1.807) is 36.5 Å². The second kappa shape index (κ2) is 12.4. The lowest BCUT2D eigenvalue weighted by Gasteiger charge is -2.24. The van der Waals surface area contributed by atoms with Crippen LogP contribution in [0, 0.1) is 11.6 Å². The molecular formula is C31H26F2N4O4. The summed E-state index contributed by atoms with van der Waals surface area (Å²) in [5.41, 5.74) is 2.58. The Kier molecular flexibility index (Phi) is 8.28. The molecule has 0 saturated carbocycles. The van der Waals surface area contributed by atoms with Crippen LogP contribution in [-0.2, 0) is 22.5 Å². The maximum absolute atomic E-state index is 13.5. The molecule has 10 heteroatoms. The number of benzene rings is 3. The number of carbonyl (C=O) groups excluding carboxylic acids is 3. The lowest BCUT2D eigenvalue weighted by molar-refractivity contribution is -0.126. The van der Waals surface area contributed by atoms with Gasteiger partial charge in [-0.3, -0.25) is 19.5 Å². The minimum Gasteiger partial charge on any atom is -0.438 e. The van der Waals surface area contributed by atoms with E-state index < -0.39 is 41.7 Å². The second-order valence-corrected chi connectivity index (χ2v) is 9.45. The van der Waals surface area contributed by atoms with Gasteiger partial charge in [0, 0.05) is 36.1 Å². The topological polar surface area (TPSA) is 101 Å². The number of pyridine rings is 1. The van der Waals surface area contributed by atoms with Crippen molar-refractivity contribution in [3.63, 3.8) is 0 Å². The van der Waals surface area contributed by atoms with E-state index in [1.807, 2.05) is 12.1 Å². The van der Waals surface area contributed by atoms with Crippen LogP contribution in [0.1, 0.15) is 33.3 Å². The number of cyclic esters (lactones) is 1. The number of amides is 3. The molecule has 1 aliphatic rings. The maximum Gasteiger partial charge on any atom is 0.411 e. The first-order valence-electron chi connectivity index (χ1n) is 12.9. The first kappa shape index (κ1) is 27.4. The van der Waals surface area contributed by atoms with E-state index in [0.717, 1.165) is 5.69 Å². The summed E-state index contributed by atoms with van der Waals surface area (Å²) in [6.07, 6.45) is 0.468. The lowest BCUT2D eigenvalue weighted by Crippen LogP contribution is -2.46. The molecule has 2 heterocycles. The van der Waals surface area contributed by atoms with Crippen LogP contribution >= 0.6 is 0 Å². The van der Waals surface area contributed by atoms with Gasteiger partial charge in [0.25, 0.3) is 5.91 Å². The molecular weight excluding hydrogens is 530 g/mol. The summed E-state index contributed by atoms with van der Waals surface area (Å²) in [6, 6.07) is 21.9. The normalized spacial score (nSPS) is 16.2. The average molecular weight is 557 g/mol. The predicted molar refractivity (Wildman–Crippen MR) is 147 cm³/mol. The number of ether oxygens (including phenoxy) is 1. The number of nitrogens with zero attached hydrogens (tertiary/aromatic N) is 2. The Balaban J connectivity index is 1.37. The molecule has 1 aliphatic heterocycles. The number of anilines is 1. The van der Waals surface area contributed by atoms with Gasteiger partial charge in [0.15, 0.2) is 12.1 Å². The number of rotatable bonds is 9. The van der Waals surface area contributed by atoms with Gasteiger partial charge < -0.3 is 15.4 Å². The highest BCUT2D eigenvalue weighted by atomic mass is 19.1. The monoisotopic (exact) mass is 556 g/mol. The van der Waals surface area contributed by atoms with Gasteiger partial charge in [-0.15, -0.1) is 0 Å². The third-order valence-electron chi connectivity index (χ3n) is 6.61. The zero-order chi connectivity index (χ0) is 28.8. The molecule has 2 atom stereocenters. The molecule has 8 nitrogen and oxygen atoms in total. The molecule has 1 aromatic heterocycles. The highest BCUT2D eigenvalue weighted by molar-refractivity contribution is 6.04. The molecule has 0 spiro atoms. The van der Waals surface area contributed by atoms with E-state index in [2.05, 4.69) is 15.6 Å². The summed E-state index contributed by atoms with van der Waals surface area (Å²) >= 11 is 0. The first-order valence-corrected chi connectivity index (χ1v) is 12.9. The molecule has 3 aromatic carbocycles. The molecule has 1 saturated heterocycles. The molecule has 4 aromatic rings. The van der Waals surface area contributed by atoms with Crippen LogP contribution in [0.2, 0.25) is 0 Å². The summed E-state index contributed by atoms with van der Waals surface area (Å²) in [5.74, 6) is -1.76. The standard InChI is InChI=1S/C31H26F2N4O4/c32-23-11-7-20(8-12-23)19-37-27(30(39)35-17-15-25-5-1-2-16-34-25)28(41-31(37)40)22-4-3-6-26(18-22)36-29(38)21-9-13-24(33)14-10-21/h1-14,16,18,27-28H,15,17,19H2,(H,35,39)(H,36,38). The number of hydrogen-bond acceptors (Lipinski definition) is 5. The molecule has 5 rings (SSSR count). The van der Waals surface area contributed by atoms with Gasteiger partial charge >= 0.3 is 6.09 Å². The van der Waals surface area contributed by atoms with Crippen molar-refractivity contribution >= 4 is 23.6 Å². The number of carbonyl (C=O) groups is 3. The Morgan fingerprint density at radius 1 is 0.902 bits per heavy atom. The molecule has 2 unspecified atom stereocenters. The molecule has 41 heavy (non-hydrogen) atoms. The van der Waals surface area contributed by atoms with E-state index in [1.165, 1.54) is 53.4 Å². The van der Waals surface area contributed by atoms with Crippen LogP contribution < -0.4 is 10.6 Å². The quantitative estimate of drug-likeness (QED) is 0.301. The Bertz CT molecular complexity index is 1530. The number of nitrogens with one attached hydrogen (secondary N) is 2. The van der Waals surface area contributed by atoms with Crippen LogP contribution in [0.5, 0.6) is 0 Å². The van der Waals surface area contributed by atoms with Crippen LogP contribution in [0.4, 0.5) is 19.3 Å². The summed E-state index contributed by atoms with van der Waals surface area (Å²) < 4.78 is 32.4. The van der Waals surface area contributed by atoms with Crippen molar-refractivity contribution in [2.24, 2.45) is 0 Å². The average Bonchev–Trinajstić information content (AvgIpc) is 3.31. The highest BCUT2D eigenvalue weighted by Crippen LogP contribution is 2.35. The highest BCUT2D eigenvalue weighted by Gasteiger charge is 2.47. The minimum atomic E-state index is -1.04. The Hall–Kier alpha value is -5.12. The Morgan fingerprint density at radius 2 is 1.63 bits per heavy atom. The van der Waals surface area contributed by atoms with Crippen molar-refractivity contribution in [3.05, 3.63) is 131 Å². The predicted octanol–water partition coefficient (Wildman–Crippen LogP) is 5.03. The summed E-state index contributed by atoms with van der Waals surface area (Å²) in [7, 11) is 0. The number of halogens is 2. The van der Waals surface area contributed by atoms with Gasteiger partial charge in [-0.1, -0.05) is 30.3 Å². The van der Waals surface area contributed by atoms with Crippen LogP contribution in [0.25, 0.3) is 0 Å². The first-order chi connectivity index (χ1) is 19.9. The zero-order valence-corrected chi connectivity index (χ0v) is 21.8. The molecule has 3 amide bonds. The fourth-order valence-corrected chi connectivity index (χ4v) is 4.56. The largest absolute Gasteiger partial charge is 0.438 e. The summed E-state index contributed by atoms with van der Waals surface area (Å²) in [6.45, 7) is 0.306. The Morgan fingerprint density at radius 3 is 2.34 bits per heavy atom. The fraction of sp³-hybridized carbons (Fsp3) is 0.161. The van der Waals surface area contributed by atoms with E-state index in [9.17, 15) is 23.2 Å². The molecule has 208 valence electrons. The van der Waals surface area contributed by atoms with Crippen molar-refractivity contribution in [2.75, 3.05) is 11.9 Å². The summed E-state index contributed by atoms with van der Waals surface area (Å²) in [5, 5.41) is 5.63. The van der Waals surface area contributed by atoms with Crippen LogP contribution in [0.15, 0.2) is 97.2 Å². The van der Waals surface area contributed by atoms with E-state index in [0.29, 0.717) is 23.2 Å². The third kappa shape index (κ3) is 6.73. The zero-order valence-electron chi connectivity index (χ0n) is 21.8. The Labute approximate surface area is 235 Å². The van der Waals surface area contributed by atoms with Crippen molar-refractivity contribution in [1.82, 2.24) is 15.2 Å². The third-order valence-corrected chi connectivity index (χ3v) is 6.61. The second-order valence-electron chi connectivity index (χ2n) is 9.45. The minimum absolute atomic E-state index is 0.0228. The number of aromatic nitrogens is 1. The van der Waals surface area contributed by atoms with Crippen LogP contribution in [-0.4, -0.2) is 40.4 Å². The van der Waals surface area contributed by atoms with Crippen molar-refractivity contribution < 1.29 is 27.9 Å². The lowest BCUT2D eigenvalue weighted by atomic mass is 10.00. The van der Waals surface area contributed by atoms with Crippen LogP contribution in [0.3, 0.4) is 0 Å². The van der Waals surface area contributed by atoms with E-state index in [4.69, 9.17) is 4.74 Å². The molecule has 0 bridgehead atoms. The fourth-order valence-electron chi connectivity index (χ4n) is 4.56. The smallest absolute Gasteiger partial charge is 0.411 e. The summed E-state index contributed by atoms with van der Waals surface area (Å²) in [4.78, 5) is 44.8. The van der Waals surface area contributed by atoms with Gasteiger partial charge in [0.2, 0.25) is 5.91 Å². The van der Waals surface area contributed by atoms with Gasteiger partial charge in [-0.2, -0.15) is 0 Å².